The third kappa shape index (κ3) is 3.01. The average molecular weight is 283 g/mol. The second-order valence-corrected chi connectivity index (χ2v) is 3.26. The van der Waals surface area contributed by atoms with Crippen LogP contribution in [0.3, 0.4) is 0 Å². The first-order valence-corrected chi connectivity index (χ1v) is 5.10. The number of benzene rings is 1. The van der Waals surface area contributed by atoms with Gasteiger partial charge in [0.1, 0.15) is 0 Å². The molecule has 0 radical (unpaired) electrons. The minimum atomic E-state index is -1.08. The van der Waals surface area contributed by atoms with E-state index in [2.05, 4.69) is 3.17 Å². The zero-order valence-corrected chi connectivity index (χ0v) is 8.19. The van der Waals surface area contributed by atoms with Crippen LogP contribution in [0.5, 0.6) is 0 Å². The molecular weight excluding hydrogens is 275 g/mol. The van der Waals surface area contributed by atoms with Crippen molar-refractivity contribution in [1.82, 2.24) is 3.69 Å². The number of quaternary nitrogens is 1. The number of nitrogens with one attached hydrogen (secondary N) is 2. The van der Waals surface area contributed by atoms with Crippen molar-refractivity contribution < 1.29 is 35.5 Å². The van der Waals surface area contributed by atoms with E-state index in [9.17, 15) is 5.21 Å². The fourth-order valence-electron chi connectivity index (χ4n) is 0.671. The maximum absolute atomic E-state index is 11.1. The summed E-state index contributed by atoms with van der Waals surface area (Å²) in [6.07, 6.45) is 0. The first kappa shape index (κ1) is 9.84. The number of rotatable bonds is 4. The summed E-state index contributed by atoms with van der Waals surface area (Å²) in [6, 6.07) is 8.63. The third-order valence-electron chi connectivity index (χ3n) is 1.15. The van der Waals surface area contributed by atoms with Crippen LogP contribution in [0.4, 0.5) is 5.69 Å². The molecule has 0 amide bonds. The molecule has 6 heteroatoms. The van der Waals surface area contributed by atoms with Gasteiger partial charge in [-0.1, -0.05) is 0 Å². The Morgan fingerprint density at radius 1 is 1.42 bits per heavy atom. The van der Waals surface area contributed by atoms with E-state index in [1.54, 1.807) is 24.3 Å². The Kier molecular flexibility index (Phi) is 4.43. The molecule has 0 spiro atoms. The van der Waals surface area contributed by atoms with Crippen molar-refractivity contribution in [3.05, 3.63) is 35.5 Å². The van der Waals surface area contributed by atoms with Crippen LogP contribution in [0.2, 0.25) is 0 Å². The fraction of sp³-hybridized carbons (Fsp3) is 0. The monoisotopic (exact) mass is 283 g/mol. The average Bonchev–Trinajstić information content (AvgIpc) is 2.15. The quantitative estimate of drug-likeness (QED) is 0.305. The van der Waals surface area contributed by atoms with Crippen LogP contribution in [-0.2, 0) is 3.17 Å². The molecule has 0 aromatic heterocycles. The summed E-state index contributed by atoms with van der Waals surface area (Å²) in [4.78, 5) is 0. The second-order valence-electron chi connectivity index (χ2n) is 1.89. The molecule has 68 valence electrons. The van der Waals surface area contributed by atoms with Gasteiger partial charge in [0.25, 0.3) is 0 Å². The summed E-state index contributed by atoms with van der Waals surface area (Å²) >= 11 is -1.08. The number of hydrogen-bond donors (Lipinski definition) is 3. The van der Waals surface area contributed by atoms with Gasteiger partial charge in [-0.05, 0) is 0 Å². The fourth-order valence-corrected chi connectivity index (χ4v) is 1.22. The van der Waals surface area contributed by atoms with Crippen LogP contribution in [-0.4, -0.2) is 5.21 Å². The van der Waals surface area contributed by atoms with Gasteiger partial charge in [0, 0.05) is 0 Å². The van der Waals surface area contributed by atoms with Gasteiger partial charge in [0.05, 0.1) is 0 Å². The minimum absolute atomic E-state index is 0.412. The molecule has 5 nitrogen and oxygen atoms in total. The van der Waals surface area contributed by atoms with Gasteiger partial charge in [-0.2, -0.15) is 0 Å². The summed E-state index contributed by atoms with van der Waals surface area (Å²) in [7, 11) is 0. The Hall–Kier alpha value is -0.250. The van der Waals surface area contributed by atoms with Crippen LogP contribution in [0.15, 0.2) is 30.3 Å². The molecule has 0 fully saturated rings. The Balaban J connectivity index is 2.48. The molecule has 0 saturated heterocycles. The molecular formula is C6H8IN2O3-. The summed E-state index contributed by atoms with van der Waals surface area (Å²) in [5, 5.41) is 18.8. The molecule has 1 atom stereocenters. The molecule has 1 rings (SSSR count). The molecule has 12 heavy (non-hydrogen) atoms. The van der Waals surface area contributed by atoms with E-state index in [4.69, 9.17) is 5.21 Å². The van der Waals surface area contributed by atoms with Crippen molar-refractivity contribution in [3.63, 3.8) is 0 Å². The molecule has 0 aliphatic heterocycles. The molecule has 0 heterocycles. The third-order valence-corrected chi connectivity index (χ3v) is 1.97. The predicted molar refractivity (Wildman–Crippen MR) is 36.4 cm³/mol. The maximum atomic E-state index is 11.1. The van der Waals surface area contributed by atoms with Crippen LogP contribution < -0.4 is 30.8 Å². The van der Waals surface area contributed by atoms with Crippen LogP contribution in [0.1, 0.15) is 0 Å². The van der Waals surface area contributed by atoms with E-state index in [0.29, 0.717) is 5.69 Å². The van der Waals surface area contributed by atoms with Gasteiger partial charge >= 0.3 is 80.4 Å². The zero-order valence-electron chi connectivity index (χ0n) is 6.03. The second kappa shape index (κ2) is 5.41. The summed E-state index contributed by atoms with van der Waals surface area (Å²) in [5.41, 5.74) is 0.493. The summed E-state index contributed by atoms with van der Waals surface area (Å²) in [5.74, 6) is 0. The molecule has 0 saturated carbocycles. The van der Waals surface area contributed by atoms with E-state index in [1.165, 1.54) is 0 Å². The van der Waals surface area contributed by atoms with Crippen molar-refractivity contribution in [3.8, 4) is 0 Å². The normalized spacial score (nSPS) is 13.2. The molecule has 1 unspecified atom stereocenters. The number of hydrogen-bond acceptors (Lipinski definition) is 4. The van der Waals surface area contributed by atoms with Gasteiger partial charge < -0.3 is 0 Å². The van der Waals surface area contributed by atoms with Crippen molar-refractivity contribution in [2.45, 2.75) is 0 Å². The van der Waals surface area contributed by atoms with E-state index < -0.39 is 27.1 Å². The van der Waals surface area contributed by atoms with Gasteiger partial charge in [-0.15, -0.1) is 0 Å². The molecule has 3 N–H and O–H groups in total. The van der Waals surface area contributed by atoms with Crippen molar-refractivity contribution in [2.75, 3.05) is 0 Å². The van der Waals surface area contributed by atoms with E-state index in [-0.39, 0.29) is 0 Å². The first-order chi connectivity index (χ1) is 5.84. The summed E-state index contributed by atoms with van der Waals surface area (Å²) in [6.45, 7) is 0. The topological polar surface area (TPSA) is 69.0 Å². The van der Waals surface area contributed by atoms with Crippen LogP contribution in [0.25, 0.3) is 0 Å². The zero-order chi connectivity index (χ0) is 8.81. The Morgan fingerprint density at radius 2 is 2.08 bits per heavy atom. The van der Waals surface area contributed by atoms with Crippen molar-refractivity contribution in [1.29, 1.82) is 0 Å². The molecule has 0 bridgehead atoms. The molecule has 0 aliphatic carbocycles. The summed E-state index contributed by atoms with van der Waals surface area (Å²) < 4.78 is 6.52. The first-order valence-electron chi connectivity index (χ1n) is 3.14. The van der Waals surface area contributed by atoms with E-state index in [0.717, 1.165) is 0 Å². The molecule has 0 aliphatic rings. The Bertz CT molecular complexity index is 221. The van der Waals surface area contributed by atoms with Crippen LogP contribution >= 0.6 is 0 Å². The Morgan fingerprint density at radius 3 is 2.67 bits per heavy atom. The van der Waals surface area contributed by atoms with Crippen molar-refractivity contribution >= 4 is 5.69 Å². The van der Waals surface area contributed by atoms with Gasteiger partial charge in [0.2, 0.25) is 0 Å². The number of halogens is 1. The molecule has 1 aromatic carbocycles. The van der Waals surface area contributed by atoms with Gasteiger partial charge in [-0.3, -0.25) is 0 Å². The molecule has 1 aromatic rings. The van der Waals surface area contributed by atoms with E-state index >= 15 is 0 Å². The van der Waals surface area contributed by atoms with E-state index in [1.807, 2.05) is 9.76 Å². The van der Waals surface area contributed by atoms with Crippen LogP contribution in [0, 0.1) is 5.21 Å². The predicted octanol–water partition coefficient (Wildman–Crippen LogP) is -3.47. The van der Waals surface area contributed by atoms with Gasteiger partial charge in [0.15, 0.2) is 0 Å². The SMILES string of the molecule is [O-][NH+](O[I-]NO)c1ccccc1. The Labute approximate surface area is 80.6 Å². The van der Waals surface area contributed by atoms with Crippen molar-refractivity contribution in [2.24, 2.45) is 0 Å². The van der Waals surface area contributed by atoms with Gasteiger partial charge in [-0.25, -0.2) is 0 Å². The standard InChI is InChI=1S/C6H8IN2O3/c10-8-7-12-9(11)6-4-2-1-3-5-6/h1-5,8-10H/q-1.